The summed E-state index contributed by atoms with van der Waals surface area (Å²) in [4.78, 5) is 25.2. The molecule has 2 N–H and O–H groups in total. The highest BCUT2D eigenvalue weighted by Crippen LogP contribution is 2.42. The van der Waals surface area contributed by atoms with E-state index in [2.05, 4.69) is 4.98 Å². The van der Waals surface area contributed by atoms with Crippen LogP contribution in [-0.4, -0.2) is 34.0 Å². The molecule has 19 heavy (non-hydrogen) atoms. The Balaban J connectivity index is 2.38. The lowest BCUT2D eigenvalue weighted by atomic mass is 9.84. The average molecular weight is 272 g/mol. The lowest BCUT2D eigenvalue weighted by molar-refractivity contribution is -0.0489. The van der Waals surface area contributed by atoms with Gasteiger partial charge in [0.05, 0.1) is 19.4 Å². The molecule has 0 unspecified atom stereocenters. The molecule has 1 fully saturated rings. The Morgan fingerprint density at radius 2 is 2.32 bits per heavy atom. The van der Waals surface area contributed by atoms with Crippen LogP contribution in [0, 0.1) is 12.3 Å². The van der Waals surface area contributed by atoms with Gasteiger partial charge in [-0.2, -0.15) is 0 Å². The molecule has 6 nitrogen and oxygen atoms in total. The normalized spacial score (nSPS) is 30.7. The number of aromatic nitrogens is 2. The molecule has 1 aromatic heterocycles. The first-order valence-corrected chi connectivity index (χ1v) is 6.05. The molecule has 0 aliphatic carbocycles. The van der Waals surface area contributed by atoms with Gasteiger partial charge in [0.2, 0.25) is 0 Å². The molecule has 2 rings (SSSR count). The molecule has 0 saturated carbocycles. The smallest absolute Gasteiger partial charge is 0.330 e. The second-order valence-corrected chi connectivity index (χ2v) is 5.23. The van der Waals surface area contributed by atoms with Crippen LogP contribution in [0.15, 0.2) is 15.8 Å². The number of rotatable bonds is 3. The monoisotopic (exact) mass is 272 g/mol. The van der Waals surface area contributed by atoms with Gasteiger partial charge in [-0.05, 0) is 6.92 Å². The minimum absolute atomic E-state index is 0.264. The van der Waals surface area contributed by atoms with Gasteiger partial charge in [-0.1, -0.05) is 6.92 Å². The Hall–Kier alpha value is -1.47. The van der Waals surface area contributed by atoms with Crippen LogP contribution in [0.5, 0.6) is 0 Å². The quantitative estimate of drug-likeness (QED) is 0.817. The van der Waals surface area contributed by atoms with E-state index < -0.39 is 35.7 Å². The molecule has 1 saturated heterocycles. The summed E-state index contributed by atoms with van der Waals surface area (Å²) in [5, 5.41) is 9.23. The lowest BCUT2D eigenvalue weighted by Gasteiger charge is -2.23. The molecule has 7 heteroatoms. The summed E-state index contributed by atoms with van der Waals surface area (Å²) in [6.45, 7) is 2.28. The first-order valence-electron chi connectivity index (χ1n) is 6.05. The van der Waals surface area contributed by atoms with E-state index in [4.69, 9.17) is 4.74 Å². The number of alkyl halides is 1. The summed E-state index contributed by atoms with van der Waals surface area (Å²) in [7, 11) is 0. The molecule has 106 valence electrons. The molecule has 0 bridgehead atoms. The third kappa shape index (κ3) is 2.35. The van der Waals surface area contributed by atoms with E-state index in [1.165, 1.54) is 10.8 Å². The molecule has 2 heterocycles. The predicted octanol–water partition coefficient (Wildman–Crippen LogP) is 0.101. The zero-order valence-corrected chi connectivity index (χ0v) is 10.9. The van der Waals surface area contributed by atoms with Crippen molar-refractivity contribution >= 4 is 0 Å². The number of hydrogen-bond donors (Lipinski definition) is 2. The molecule has 0 amide bonds. The Morgan fingerprint density at radius 1 is 1.63 bits per heavy atom. The van der Waals surface area contributed by atoms with Crippen molar-refractivity contribution in [3.05, 3.63) is 32.6 Å². The number of nitrogens with one attached hydrogen (secondary N) is 1. The lowest BCUT2D eigenvalue weighted by Crippen LogP contribution is -2.33. The molecule has 0 radical (unpaired) electrons. The van der Waals surface area contributed by atoms with Gasteiger partial charge in [-0.3, -0.25) is 18.7 Å². The molecular formula is C12H17FN2O4. The number of aliphatic hydroxyl groups is 1. The van der Waals surface area contributed by atoms with Crippen molar-refractivity contribution in [3.63, 3.8) is 0 Å². The van der Waals surface area contributed by atoms with Gasteiger partial charge in [0.25, 0.3) is 5.56 Å². The summed E-state index contributed by atoms with van der Waals surface area (Å²) < 4.78 is 19.9. The summed E-state index contributed by atoms with van der Waals surface area (Å²) in [6.07, 6.45) is 0.312. The molecule has 1 aliphatic rings. The van der Waals surface area contributed by atoms with E-state index in [1.54, 1.807) is 13.8 Å². The molecule has 0 spiro atoms. The van der Waals surface area contributed by atoms with E-state index in [-0.39, 0.29) is 13.0 Å². The Labute approximate surface area is 108 Å². The second kappa shape index (κ2) is 4.90. The highest BCUT2D eigenvalue weighted by atomic mass is 19.1. The highest BCUT2D eigenvalue weighted by Gasteiger charge is 2.46. The van der Waals surface area contributed by atoms with Crippen molar-refractivity contribution in [2.45, 2.75) is 32.6 Å². The van der Waals surface area contributed by atoms with Crippen molar-refractivity contribution in [2.24, 2.45) is 5.41 Å². The van der Waals surface area contributed by atoms with Crippen LogP contribution < -0.4 is 11.2 Å². The highest BCUT2D eigenvalue weighted by molar-refractivity contribution is 5.02. The molecule has 1 aliphatic heterocycles. The van der Waals surface area contributed by atoms with Crippen molar-refractivity contribution < 1.29 is 14.2 Å². The molecule has 0 aromatic carbocycles. The van der Waals surface area contributed by atoms with Gasteiger partial charge in [-0.25, -0.2) is 4.79 Å². The zero-order chi connectivity index (χ0) is 14.2. The number of hydrogen-bond acceptors (Lipinski definition) is 4. The number of halogens is 1. The number of aryl methyl sites for hydroxylation is 1. The van der Waals surface area contributed by atoms with Gasteiger partial charge in [0.15, 0.2) is 0 Å². The van der Waals surface area contributed by atoms with E-state index in [9.17, 15) is 19.1 Å². The number of H-pyrrole nitrogens is 1. The largest absolute Gasteiger partial charge is 0.394 e. The third-order valence-electron chi connectivity index (χ3n) is 3.67. The maximum Gasteiger partial charge on any atom is 0.330 e. The fourth-order valence-corrected chi connectivity index (χ4v) is 2.30. The van der Waals surface area contributed by atoms with E-state index >= 15 is 0 Å². The van der Waals surface area contributed by atoms with Gasteiger partial charge in [0, 0.05) is 23.6 Å². The Kier molecular flexibility index (Phi) is 3.60. The number of aliphatic hydroxyl groups excluding tert-OH is 1. The summed E-state index contributed by atoms with van der Waals surface area (Å²) in [5.74, 6) is 0. The topological polar surface area (TPSA) is 84.3 Å². The van der Waals surface area contributed by atoms with Crippen LogP contribution in [0.2, 0.25) is 0 Å². The number of nitrogens with zero attached hydrogens (tertiary/aromatic N) is 1. The second-order valence-electron chi connectivity index (χ2n) is 5.23. The van der Waals surface area contributed by atoms with Gasteiger partial charge < -0.3 is 9.84 Å². The summed E-state index contributed by atoms with van der Waals surface area (Å²) in [6, 6.07) is 0. The Bertz CT molecular complexity index is 582. The van der Waals surface area contributed by atoms with E-state index in [0.29, 0.717) is 5.56 Å². The van der Waals surface area contributed by atoms with Crippen LogP contribution in [0.25, 0.3) is 0 Å². The van der Waals surface area contributed by atoms with Gasteiger partial charge in [0.1, 0.15) is 6.23 Å². The maximum absolute atomic E-state index is 13.1. The summed E-state index contributed by atoms with van der Waals surface area (Å²) >= 11 is 0. The maximum atomic E-state index is 13.1. The van der Waals surface area contributed by atoms with Crippen LogP contribution in [-0.2, 0) is 4.74 Å². The Morgan fingerprint density at radius 3 is 2.84 bits per heavy atom. The van der Waals surface area contributed by atoms with Gasteiger partial charge >= 0.3 is 5.69 Å². The van der Waals surface area contributed by atoms with Crippen molar-refractivity contribution in [2.75, 3.05) is 13.3 Å². The van der Waals surface area contributed by atoms with Crippen LogP contribution in [0.1, 0.15) is 25.1 Å². The first kappa shape index (κ1) is 14.0. The first-order chi connectivity index (χ1) is 8.91. The van der Waals surface area contributed by atoms with E-state index in [0.717, 1.165) is 0 Å². The van der Waals surface area contributed by atoms with Gasteiger partial charge in [-0.15, -0.1) is 0 Å². The standard InChI is InChI=1S/C12H17FN2O4/c1-7-4-15(11(18)14-10(7)17)9-3-12(2,6-13)8(5-16)19-9/h4,8-9,16H,3,5-6H2,1-2H3,(H,14,17,18)/t8-,9-,12-/m1/s1. The van der Waals surface area contributed by atoms with Crippen LogP contribution in [0.4, 0.5) is 4.39 Å². The fourth-order valence-electron chi connectivity index (χ4n) is 2.30. The predicted molar refractivity (Wildman–Crippen MR) is 65.8 cm³/mol. The van der Waals surface area contributed by atoms with Crippen molar-refractivity contribution in [3.8, 4) is 0 Å². The molecular weight excluding hydrogens is 255 g/mol. The third-order valence-corrected chi connectivity index (χ3v) is 3.67. The minimum Gasteiger partial charge on any atom is -0.394 e. The summed E-state index contributed by atoms with van der Waals surface area (Å²) in [5.41, 5.74) is -1.51. The van der Waals surface area contributed by atoms with Crippen LogP contribution >= 0.6 is 0 Å². The fraction of sp³-hybridized carbons (Fsp3) is 0.667. The van der Waals surface area contributed by atoms with Crippen LogP contribution in [0.3, 0.4) is 0 Å². The average Bonchev–Trinajstić information content (AvgIpc) is 2.71. The number of ether oxygens (including phenoxy) is 1. The van der Waals surface area contributed by atoms with Crippen molar-refractivity contribution in [1.82, 2.24) is 9.55 Å². The SMILES string of the molecule is Cc1cn([C@H]2C[C@](C)(CF)[C@@H](CO)O2)c(=O)[nH]c1=O. The molecule has 1 aromatic rings. The number of aromatic amines is 1. The zero-order valence-electron chi connectivity index (χ0n) is 10.9. The van der Waals surface area contributed by atoms with Crippen molar-refractivity contribution in [1.29, 1.82) is 0 Å². The minimum atomic E-state index is -0.830. The van der Waals surface area contributed by atoms with E-state index in [1.807, 2.05) is 0 Å². The molecule has 3 atom stereocenters.